The van der Waals surface area contributed by atoms with Gasteiger partial charge in [-0.15, -0.1) is 0 Å². The standard InChI is InChI=1S/C76H83Cl2N11O18/c1-3-4-5-6-7-8-9-12-23-82-35-46-53(93)34-45-59(67(46)95)44-28-37(15-18-51(44)91)60-73(101)89-65(76(104)88-64(45)71(99)81-2)66(94)39-17-21-55(48(78)29-39)107-58-32-41-31-57(68(58)96)106-54-20-14-36(24-47(54)77)25-50-70(98)85-62(74(102)87-63(41)75(103)86-60)40-26-42(90)33-43(27-40)105-56-30-38(16-19-52(56)92)61(72(100)83-50)84-69(97)49(80)13-10-11-22-79/h14-21,24,26-34,49-50,60-66,82,90-96H,3-13,22-23,25,35,79-80H2,1-2H3,(H,81,99)(H,83,100)(H,84,97)(H,85,98)(H,86,103)(H,87,102)(H,88,104)(H,89,101)/t49-,50+,60+,61-,62-,63+,64-,65-,66+/m0/s1. The fourth-order valence-electron chi connectivity index (χ4n) is 13.2. The van der Waals surface area contributed by atoms with Crippen molar-refractivity contribution in [2.45, 2.75) is 145 Å². The first-order valence-electron chi connectivity index (χ1n) is 35.1. The number of likely N-dealkylation sites (N-methyl/N-ethyl adjacent to an activating group) is 1. The molecule has 0 saturated carbocycles. The average Bonchev–Trinajstić information content (AvgIpc) is 0.755. The number of carbonyl (C=O) groups is 8. The maximum atomic E-state index is 16.2. The summed E-state index contributed by atoms with van der Waals surface area (Å²) in [4.78, 5) is 122. The highest BCUT2D eigenvalue weighted by Gasteiger charge is 2.42. The first kappa shape index (κ1) is 77.0. The van der Waals surface area contributed by atoms with Crippen LogP contribution in [-0.2, 0) is 51.3 Å². The molecule has 107 heavy (non-hydrogen) atoms. The second-order valence-electron chi connectivity index (χ2n) is 26.6. The van der Waals surface area contributed by atoms with Crippen molar-refractivity contribution in [2.75, 3.05) is 20.1 Å². The lowest BCUT2D eigenvalue weighted by molar-refractivity contribution is -0.137. The van der Waals surface area contributed by atoms with Gasteiger partial charge in [0.1, 0.15) is 88.6 Å². The first-order valence-corrected chi connectivity index (χ1v) is 35.8. The largest absolute Gasteiger partial charge is 0.508 e. The minimum absolute atomic E-state index is 0.0186. The Morgan fingerprint density at radius 3 is 1.84 bits per heavy atom. The van der Waals surface area contributed by atoms with Gasteiger partial charge in [-0.1, -0.05) is 106 Å². The van der Waals surface area contributed by atoms with E-state index in [4.69, 9.17) is 48.9 Å². The molecule has 0 fully saturated rings. The Balaban J connectivity index is 1.08. The van der Waals surface area contributed by atoms with Crippen molar-refractivity contribution in [1.82, 2.24) is 47.9 Å². The number of benzene rings is 7. The minimum atomic E-state index is -2.21. The molecule has 0 aromatic heterocycles. The smallest absolute Gasteiger partial charge is 0.248 e. The zero-order chi connectivity index (χ0) is 76.5. The second-order valence-corrected chi connectivity index (χ2v) is 27.5. The lowest BCUT2D eigenvalue weighted by atomic mass is 9.87. The van der Waals surface area contributed by atoms with Crippen LogP contribution in [0.3, 0.4) is 0 Å². The second kappa shape index (κ2) is 34.0. The lowest BCUT2D eigenvalue weighted by Gasteiger charge is -2.32. The number of aromatic hydroxyl groups is 6. The van der Waals surface area contributed by atoms with Gasteiger partial charge in [-0.05, 0) is 150 Å². The Kier molecular flexibility index (Phi) is 24.5. The zero-order valence-corrected chi connectivity index (χ0v) is 59.7. The van der Waals surface area contributed by atoms with E-state index in [2.05, 4.69) is 54.8 Å². The molecule has 31 heteroatoms. The van der Waals surface area contributed by atoms with Crippen LogP contribution in [0.1, 0.15) is 158 Å². The van der Waals surface area contributed by atoms with Crippen LogP contribution >= 0.6 is 23.2 Å². The van der Waals surface area contributed by atoms with Crippen LogP contribution in [0.2, 0.25) is 10.0 Å². The molecule has 29 nitrogen and oxygen atoms in total. The van der Waals surface area contributed by atoms with Crippen LogP contribution in [0.5, 0.6) is 69.0 Å². The minimum Gasteiger partial charge on any atom is -0.508 e. The van der Waals surface area contributed by atoms with Gasteiger partial charge in [-0.2, -0.15) is 0 Å². The summed E-state index contributed by atoms with van der Waals surface area (Å²) >= 11 is 14.0. The molecule has 6 aliphatic heterocycles. The molecule has 0 saturated heterocycles. The molecule has 9 atom stereocenters. The van der Waals surface area contributed by atoms with E-state index in [9.17, 15) is 45.3 Å². The SMILES string of the molecule is CCCCCCCCCCNCc1c(O)cc2c(c1O)-c1cc(ccc1O)[C@H]1NC(=O)[C@@H]3NC(=O)[C@H]4NC(=O)[C@@H](Cc5ccc(c(Cl)c5)Oc5cc3cc(c5O)Oc3ccc(cc3Cl)[C@@H](O)[C@H](NC1=O)C(=O)N[C@@H]2C(=O)NC)NC(=O)[C@@H](NC(=O)[C@@H](N)CCCCN)c1ccc(O)c(c1)Oc1cc(O)cc4c1. The van der Waals surface area contributed by atoms with E-state index in [1.807, 2.05) is 0 Å². The van der Waals surface area contributed by atoms with Crippen molar-refractivity contribution in [3.05, 3.63) is 164 Å². The molecule has 7 aromatic rings. The van der Waals surface area contributed by atoms with Crippen molar-refractivity contribution in [3.63, 3.8) is 0 Å². The third-order valence-electron chi connectivity index (χ3n) is 19.0. The average molecular weight is 1510 g/mol. The molecule has 13 rings (SSSR count). The molecule has 17 bridgehead atoms. The third kappa shape index (κ3) is 17.6. The summed E-state index contributed by atoms with van der Waals surface area (Å²) in [6.07, 6.45) is 6.87. The molecule has 20 N–H and O–H groups in total. The van der Waals surface area contributed by atoms with E-state index in [1.54, 1.807) is 0 Å². The maximum Gasteiger partial charge on any atom is 0.248 e. The molecule has 8 amide bonds. The quantitative estimate of drug-likeness (QED) is 0.0370. The number of nitrogens with two attached hydrogens (primary N) is 2. The number of aliphatic hydroxyl groups excluding tert-OH is 1. The molecule has 0 aliphatic carbocycles. The van der Waals surface area contributed by atoms with E-state index in [-0.39, 0.29) is 102 Å². The summed E-state index contributed by atoms with van der Waals surface area (Å²) in [5.74, 6) is -14.8. The first-order chi connectivity index (χ1) is 51.3. The molecule has 7 aromatic carbocycles. The number of amides is 8. The van der Waals surface area contributed by atoms with Crippen molar-refractivity contribution in [2.24, 2.45) is 11.5 Å². The number of rotatable bonds is 18. The normalized spacial score (nSPS) is 20.2. The number of carbonyl (C=O) groups excluding carboxylic acids is 8. The highest BCUT2D eigenvalue weighted by molar-refractivity contribution is 6.32. The van der Waals surface area contributed by atoms with Crippen LogP contribution in [0.15, 0.2) is 109 Å². The van der Waals surface area contributed by atoms with Gasteiger partial charge in [0.25, 0.3) is 0 Å². The summed E-state index contributed by atoms with van der Waals surface area (Å²) in [6.45, 7) is 2.76. The van der Waals surface area contributed by atoms with Crippen molar-refractivity contribution in [3.8, 4) is 80.1 Å². The number of unbranched alkanes of at least 4 members (excludes halogenated alkanes) is 8. The fraction of sp³-hybridized carbons (Fsp3) is 0.342. The van der Waals surface area contributed by atoms with Gasteiger partial charge in [-0.3, -0.25) is 38.4 Å². The van der Waals surface area contributed by atoms with Crippen molar-refractivity contribution in [1.29, 1.82) is 0 Å². The van der Waals surface area contributed by atoms with Crippen LogP contribution in [0, 0.1) is 0 Å². The molecule has 0 unspecified atom stereocenters. The van der Waals surface area contributed by atoms with E-state index in [1.165, 1.54) is 73.8 Å². The lowest BCUT2D eigenvalue weighted by Crippen LogP contribution is -2.56. The Morgan fingerprint density at radius 1 is 0.561 bits per heavy atom. The molecule has 0 spiro atoms. The predicted octanol–water partition coefficient (Wildman–Crippen LogP) is 7.49. The van der Waals surface area contributed by atoms with E-state index >= 15 is 28.8 Å². The van der Waals surface area contributed by atoms with E-state index in [0.717, 1.165) is 93.8 Å². The van der Waals surface area contributed by atoms with Crippen molar-refractivity contribution < 1.29 is 88.3 Å². The van der Waals surface area contributed by atoms with Gasteiger partial charge in [0.05, 0.1) is 21.7 Å². The number of phenolic OH excluding ortho intramolecular Hbond substituents is 6. The van der Waals surface area contributed by atoms with Crippen molar-refractivity contribution >= 4 is 70.5 Å². The fourth-order valence-corrected chi connectivity index (χ4v) is 13.7. The Hall–Kier alpha value is -11.1. The topological polar surface area (TPSA) is 466 Å². The van der Waals surface area contributed by atoms with Gasteiger partial charge < -0.3 is 109 Å². The van der Waals surface area contributed by atoms with Crippen LogP contribution in [-0.4, -0.2) is 121 Å². The summed E-state index contributed by atoms with van der Waals surface area (Å²) in [5, 5.41) is 108. The number of halogens is 2. The number of ether oxygens (including phenoxy) is 3. The summed E-state index contributed by atoms with van der Waals surface area (Å²) in [7, 11) is 1.24. The summed E-state index contributed by atoms with van der Waals surface area (Å²) in [5.41, 5.74) is 10.2. The van der Waals surface area contributed by atoms with Gasteiger partial charge in [-0.25, -0.2) is 0 Å². The van der Waals surface area contributed by atoms with Crippen LogP contribution in [0.25, 0.3) is 11.1 Å². The summed E-state index contributed by atoms with van der Waals surface area (Å²) < 4.78 is 18.8. The molecule has 6 heterocycles. The number of nitrogens with one attached hydrogen (secondary N) is 9. The van der Waals surface area contributed by atoms with E-state index in [0.29, 0.717) is 25.9 Å². The van der Waals surface area contributed by atoms with Gasteiger partial charge in [0, 0.05) is 37.2 Å². The van der Waals surface area contributed by atoms with Gasteiger partial charge >= 0.3 is 0 Å². The Bertz CT molecular complexity index is 4600. The highest BCUT2D eigenvalue weighted by Crippen LogP contribution is 2.49. The maximum absolute atomic E-state index is 16.2. The van der Waals surface area contributed by atoms with Gasteiger partial charge in [0.15, 0.2) is 23.0 Å². The monoisotopic (exact) mass is 1510 g/mol. The number of hydrogen-bond acceptors (Lipinski definition) is 21. The zero-order valence-electron chi connectivity index (χ0n) is 58.2. The van der Waals surface area contributed by atoms with E-state index < -0.39 is 154 Å². The predicted molar refractivity (Wildman–Crippen MR) is 391 cm³/mol. The third-order valence-corrected chi connectivity index (χ3v) is 19.6. The highest BCUT2D eigenvalue weighted by atomic mass is 35.5. The number of phenols is 6. The Labute approximate surface area is 624 Å². The number of fused-ring (bicyclic) bond motifs is 14. The van der Waals surface area contributed by atoms with Crippen LogP contribution < -0.4 is 73.5 Å². The number of hydrogen-bond donors (Lipinski definition) is 18. The molecule has 6 aliphatic rings. The molecule has 0 radical (unpaired) electrons. The van der Waals surface area contributed by atoms with Crippen LogP contribution in [0.4, 0.5) is 0 Å². The molecule has 564 valence electrons. The summed E-state index contributed by atoms with van der Waals surface area (Å²) in [6, 6.07) is 6.67. The Morgan fingerprint density at radius 2 is 1.17 bits per heavy atom. The number of aliphatic hydroxyl groups is 1. The van der Waals surface area contributed by atoms with Gasteiger partial charge in [0.2, 0.25) is 53.0 Å². The molecular weight excluding hydrogens is 1430 g/mol. The molecular formula is C76H83Cl2N11O18.